The van der Waals surface area contributed by atoms with Gasteiger partial charge in [0.1, 0.15) is 0 Å². The molecule has 1 saturated heterocycles. The number of benzene rings is 2. The Bertz CT molecular complexity index is 550. The fourth-order valence-corrected chi connectivity index (χ4v) is 2.58. The Morgan fingerprint density at radius 1 is 1.00 bits per heavy atom. The molecule has 1 N–H and O–H groups in total. The van der Waals surface area contributed by atoms with Crippen molar-refractivity contribution in [1.82, 2.24) is 5.32 Å². The summed E-state index contributed by atoms with van der Waals surface area (Å²) in [6.45, 7) is 1.16. The molecule has 0 bridgehead atoms. The van der Waals surface area contributed by atoms with Crippen molar-refractivity contribution < 1.29 is 0 Å². The van der Waals surface area contributed by atoms with Crippen LogP contribution < -0.4 is 5.32 Å². The maximum Gasteiger partial charge on any atom is 0.0253 e. The van der Waals surface area contributed by atoms with E-state index in [1.165, 1.54) is 35.6 Å². The first-order valence-corrected chi connectivity index (χ1v) is 6.82. The molecule has 1 nitrogen and oxygen atoms in total. The van der Waals surface area contributed by atoms with Gasteiger partial charge in [0.05, 0.1) is 0 Å². The van der Waals surface area contributed by atoms with Crippen LogP contribution in [0, 0.1) is 0 Å². The van der Waals surface area contributed by atoms with E-state index in [1.807, 2.05) is 0 Å². The Kier molecular flexibility index (Phi) is 3.42. The molecule has 92 valence electrons. The van der Waals surface area contributed by atoms with Crippen molar-refractivity contribution in [2.75, 3.05) is 6.54 Å². The summed E-state index contributed by atoms with van der Waals surface area (Å²) in [6, 6.07) is 15.7. The first kappa shape index (κ1) is 11.5. The van der Waals surface area contributed by atoms with Crippen LogP contribution in [-0.4, -0.2) is 12.6 Å². The standard InChI is InChI=1S/C17H19N/c1-2-6-16-13-14(8-10-15(16)5-1)9-11-17-7-3-4-12-18-17/h1-2,5-6,8-11,13,17-18H,3-4,7,12H2/b11-9+. The van der Waals surface area contributed by atoms with Crippen molar-refractivity contribution in [2.45, 2.75) is 25.3 Å². The van der Waals surface area contributed by atoms with Crippen LogP contribution in [0.3, 0.4) is 0 Å². The molecule has 0 aromatic heterocycles. The lowest BCUT2D eigenvalue weighted by Gasteiger charge is -2.20. The second kappa shape index (κ2) is 5.36. The lowest BCUT2D eigenvalue weighted by Crippen LogP contribution is -2.31. The average molecular weight is 237 g/mol. The largest absolute Gasteiger partial charge is 0.311 e. The van der Waals surface area contributed by atoms with E-state index in [1.54, 1.807) is 0 Å². The first-order valence-electron chi connectivity index (χ1n) is 6.82. The third kappa shape index (κ3) is 2.62. The van der Waals surface area contributed by atoms with Gasteiger partial charge in [0.2, 0.25) is 0 Å². The van der Waals surface area contributed by atoms with Crippen LogP contribution in [0.5, 0.6) is 0 Å². The molecule has 3 rings (SSSR count). The van der Waals surface area contributed by atoms with Gasteiger partial charge in [0.15, 0.2) is 0 Å². The number of hydrogen-bond acceptors (Lipinski definition) is 1. The predicted octanol–water partition coefficient (Wildman–Crippen LogP) is 4.00. The number of nitrogens with one attached hydrogen (secondary N) is 1. The molecule has 2 aromatic carbocycles. The molecule has 1 aliphatic rings. The summed E-state index contributed by atoms with van der Waals surface area (Å²) < 4.78 is 0. The van der Waals surface area contributed by atoms with E-state index < -0.39 is 0 Å². The zero-order valence-electron chi connectivity index (χ0n) is 10.6. The summed E-state index contributed by atoms with van der Waals surface area (Å²) in [7, 11) is 0. The number of piperidine rings is 1. The minimum Gasteiger partial charge on any atom is -0.311 e. The SMILES string of the molecule is C(=C\C1CCCCN1)/c1ccc2ccccc2c1. The van der Waals surface area contributed by atoms with Crippen molar-refractivity contribution in [3.05, 3.63) is 54.1 Å². The van der Waals surface area contributed by atoms with E-state index >= 15 is 0 Å². The second-order valence-electron chi connectivity index (χ2n) is 5.02. The van der Waals surface area contributed by atoms with Gasteiger partial charge in [-0.15, -0.1) is 0 Å². The summed E-state index contributed by atoms with van der Waals surface area (Å²) in [5, 5.41) is 6.17. The highest BCUT2D eigenvalue weighted by Crippen LogP contribution is 2.17. The molecule has 1 aliphatic heterocycles. The van der Waals surface area contributed by atoms with Gasteiger partial charge in [-0.25, -0.2) is 0 Å². The minimum atomic E-state index is 0.560. The van der Waals surface area contributed by atoms with Gasteiger partial charge >= 0.3 is 0 Å². The van der Waals surface area contributed by atoms with Crippen molar-refractivity contribution in [1.29, 1.82) is 0 Å². The van der Waals surface area contributed by atoms with Crippen LogP contribution >= 0.6 is 0 Å². The first-order chi connectivity index (χ1) is 8.92. The van der Waals surface area contributed by atoms with Gasteiger partial charge in [-0.2, -0.15) is 0 Å². The summed E-state index contributed by atoms with van der Waals surface area (Å²) >= 11 is 0. The Labute approximate surface area is 109 Å². The normalized spacial score (nSPS) is 20.6. The second-order valence-corrected chi connectivity index (χ2v) is 5.02. The van der Waals surface area contributed by atoms with Crippen LogP contribution in [0.1, 0.15) is 24.8 Å². The number of hydrogen-bond donors (Lipinski definition) is 1. The fourth-order valence-electron chi connectivity index (χ4n) is 2.58. The van der Waals surface area contributed by atoms with E-state index in [2.05, 4.69) is 59.9 Å². The molecule has 0 radical (unpaired) electrons. The van der Waals surface area contributed by atoms with E-state index in [-0.39, 0.29) is 0 Å². The molecule has 2 aromatic rings. The predicted molar refractivity (Wildman–Crippen MR) is 78.6 cm³/mol. The summed E-state index contributed by atoms with van der Waals surface area (Å²) in [6.07, 6.45) is 8.49. The van der Waals surface area contributed by atoms with Gasteiger partial charge in [-0.3, -0.25) is 0 Å². The molecule has 0 saturated carbocycles. The summed E-state index contributed by atoms with van der Waals surface area (Å²) in [5.41, 5.74) is 1.29. The summed E-state index contributed by atoms with van der Waals surface area (Å²) in [4.78, 5) is 0. The molecule has 1 atom stereocenters. The van der Waals surface area contributed by atoms with Gasteiger partial charge in [-0.05, 0) is 41.8 Å². The highest BCUT2D eigenvalue weighted by Gasteiger charge is 2.08. The molecule has 0 spiro atoms. The molecule has 1 fully saturated rings. The maximum atomic E-state index is 3.54. The van der Waals surface area contributed by atoms with Crippen molar-refractivity contribution in [2.24, 2.45) is 0 Å². The molecular weight excluding hydrogens is 218 g/mol. The quantitative estimate of drug-likeness (QED) is 0.832. The van der Waals surface area contributed by atoms with Gasteiger partial charge in [-0.1, -0.05) is 55.0 Å². The topological polar surface area (TPSA) is 12.0 Å². The van der Waals surface area contributed by atoms with Crippen LogP contribution in [0.4, 0.5) is 0 Å². The fraction of sp³-hybridized carbons (Fsp3) is 0.294. The van der Waals surface area contributed by atoms with E-state index in [0.29, 0.717) is 6.04 Å². The van der Waals surface area contributed by atoms with Crippen LogP contribution in [0.2, 0.25) is 0 Å². The van der Waals surface area contributed by atoms with Gasteiger partial charge in [0, 0.05) is 6.04 Å². The van der Waals surface area contributed by atoms with Crippen molar-refractivity contribution >= 4 is 16.8 Å². The lowest BCUT2D eigenvalue weighted by molar-refractivity contribution is 0.455. The highest BCUT2D eigenvalue weighted by molar-refractivity contribution is 5.84. The molecule has 0 aliphatic carbocycles. The van der Waals surface area contributed by atoms with Gasteiger partial charge in [0.25, 0.3) is 0 Å². The van der Waals surface area contributed by atoms with E-state index in [4.69, 9.17) is 0 Å². The van der Waals surface area contributed by atoms with Crippen LogP contribution in [-0.2, 0) is 0 Å². The van der Waals surface area contributed by atoms with E-state index in [9.17, 15) is 0 Å². The van der Waals surface area contributed by atoms with Crippen LogP contribution in [0.15, 0.2) is 48.5 Å². The van der Waals surface area contributed by atoms with E-state index in [0.717, 1.165) is 6.54 Å². The van der Waals surface area contributed by atoms with Crippen molar-refractivity contribution in [3.63, 3.8) is 0 Å². The molecule has 0 amide bonds. The molecule has 1 heteroatoms. The number of fused-ring (bicyclic) bond motifs is 1. The zero-order valence-corrected chi connectivity index (χ0v) is 10.6. The maximum absolute atomic E-state index is 3.54. The smallest absolute Gasteiger partial charge is 0.0253 e. The lowest BCUT2D eigenvalue weighted by atomic mass is 10.0. The third-order valence-electron chi connectivity index (χ3n) is 3.64. The van der Waals surface area contributed by atoms with Crippen molar-refractivity contribution in [3.8, 4) is 0 Å². The molecule has 1 unspecified atom stereocenters. The minimum absolute atomic E-state index is 0.560. The average Bonchev–Trinajstić information content (AvgIpc) is 2.46. The third-order valence-corrected chi connectivity index (χ3v) is 3.64. The molecule has 1 heterocycles. The highest BCUT2D eigenvalue weighted by atomic mass is 14.9. The van der Waals surface area contributed by atoms with Crippen LogP contribution in [0.25, 0.3) is 16.8 Å². The Hall–Kier alpha value is -1.60. The molecular formula is C17H19N. The monoisotopic (exact) mass is 237 g/mol. The Morgan fingerprint density at radius 3 is 2.72 bits per heavy atom. The van der Waals surface area contributed by atoms with Gasteiger partial charge < -0.3 is 5.32 Å². The Balaban J connectivity index is 1.79. The number of rotatable bonds is 2. The summed E-state index contributed by atoms with van der Waals surface area (Å²) in [5.74, 6) is 0. The molecule has 18 heavy (non-hydrogen) atoms. The zero-order chi connectivity index (χ0) is 12.2. The Morgan fingerprint density at radius 2 is 1.89 bits per heavy atom.